The van der Waals surface area contributed by atoms with Crippen molar-refractivity contribution in [2.45, 2.75) is 50.7 Å². The lowest BCUT2D eigenvalue weighted by Crippen LogP contribution is -2.45. The molecule has 2 aliphatic rings. The summed E-state index contributed by atoms with van der Waals surface area (Å²) in [6, 6.07) is -0.104. The molecule has 1 saturated carbocycles. The number of carbonyl (C=O) groups is 1. The smallest absolute Gasteiger partial charge is 0.286 e. The van der Waals surface area contributed by atoms with Crippen molar-refractivity contribution in [3.8, 4) is 0 Å². The fourth-order valence-corrected chi connectivity index (χ4v) is 2.23. The number of nitrogens with one attached hydrogen (secondary N) is 1. The minimum Gasteiger partial charge on any atom is -0.488 e. The number of aliphatic hydroxyl groups excluding tert-OH is 1. The van der Waals surface area contributed by atoms with Gasteiger partial charge in [0.05, 0.1) is 18.8 Å². The molecule has 0 aromatic heterocycles. The lowest BCUT2D eigenvalue weighted by Gasteiger charge is -2.28. The summed E-state index contributed by atoms with van der Waals surface area (Å²) in [6.45, 7) is 0.618. The summed E-state index contributed by atoms with van der Waals surface area (Å²) in [6.07, 6.45) is 7.06. The summed E-state index contributed by atoms with van der Waals surface area (Å²) < 4.78 is 5.28. The van der Waals surface area contributed by atoms with Crippen LogP contribution in [-0.2, 0) is 9.53 Å². The maximum atomic E-state index is 11.8. The van der Waals surface area contributed by atoms with E-state index in [1.807, 2.05) is 6.08 Å². The lowest BCUT2D eigenvalue weighted by molar-refractivity contribution is -0.123. The summed E-state index contributed by atoms with van der Waals surface area (Å²) in [5, 5.41) is 12.6. The Morgan fingerprint density at radius 1 is 1.38 bits per heavy atom. The SMILES string of the molecule is O=C(NC1CCCCC1O)C1=CCCCO1. The maximum absolute atomic E-state index is 11.8. The van der Waals surface area contributed by atoms with Crippen LogP contribution in [0.4, 0.5) is 0 Å². The number of hydrogen-bond acceptors (Lipinski definition) is 3. The predicted octanol–water partition coefficient (Wildman–Crippen LogP) is 1.10. The number of rotatable bonds is 2. The highest BCUT2D eigenvalue weighted by Gasteiger charge is 2.26. The topological polar surface area (TPSA) is 58.6 Å². The molecule has 1 amide bonds. The van der Waals surface area contributed by atoms with E-state index in [1.54, 1.807) is 0 Å². The molecular weight excluding hydrogens is 206 g/mol. The highest BCUT2D eigenvalue weighted by molar-refractivity contribution is 5.91. The van der Waals surface area contributed by atoms with E-state index in [0.717, 1.165) is 38.5 Å². The van der Waals surface area contributed by atoms with Crippen LogP contribution in [0.1, 0.15) is 38.5 Å². The first-order chi connectivity index (χ1) is 7.77. The standard InChI is InChI=1S/C12H19NO3/c14-10-6-2-1-5-9(10)13-12(15)11-7-3-4-8-16-11/h7,9-10,14H,1-6,8H2,(H,13,15). The van der Waals surface area contributed by atoms with Gasteiger partial charge in [0.2, 0.25) is 0 Å². The molecule has 0 aromatic carbocycles. The number of amides is 1. The molecule has 0 saturated heterocycles. The molecule has 1 aliphatic heterocycles. The van der Waals surface area contributed by atoms with E-state index in [0.29, 0.717) is 12.4 Å². The zero-order valence-corrected chi connectivity index (χ0v) is 9.45. The molecule has 2 atom stereocenters. The van der Waals surface area contributed by atoms with Gasteiger partial charge < -0.3 is 15.2 Å². The molecule has 2 rings (SSSR count). The third-order valence-corrected chi connectivity index (χ3v) is 3.21. The van der Waals surface area contributed by atoms with Gasteiger partial charge >= 0.3 is 0 Å². The molecule has 0 aromatic rings. The molecule has 0 spiro atoms. The van der Waals surface area contributed by atoms with Gasteiger partial charge in [0.15, 0.2) is 5.76 Å². The van der Waals surface area contributed by atoms with Crippen LogP contribution >= 0.6 is 0 Å². The van der Waals surface area contributed by atoms with Gasteiger partial charge in [-0.25, -0.2) is 0 Å². The minimum absolute atomic E-state index is 0.104. The van der Waals surface area contributed by atoms with E-state index >= 15 is 0 Å². The zero-order chi connectivity index (χ0) is 11.4. The predicted molar refractivity (Wildman–Crippen MR) is 59.7 cm³/mol. The largest absolute Gasteiger partial charge is 0.488 e. The molecule has 2 N–H and O–H groups in total. The van der Waals surface area contributed by atoms with Gasteiger partial charge in [0.25, 0.3) is 5.91 Å². The van der Waals surface area contributed by atoms with Gasteiger partial charge in [-0.2, -0.15) is 0 Å². The van der Waals surface area contributed by atoms with Crippen molar-refractivity contribution in [2.75, 3.05) is 6.61 Å². The van der Waals surface area contributed by atoms with Crippen molar-refractivity contribution in [3.05, 3.63) is 11.8 Å². The summed E-state index contributed by atoms with van der Waals surface area (Å²) in [7, 11) is 0. The summed E-state index contributed by atoms with van der Waals surface area (Å²) in [5.41, 5.74) is 0. The van der Waals surface area contributed by atoms with Crippen molar-refractivity contribution < 1.29 is 14.6 Å². The van der Waals surface area contributed by atoms with Crippen LogP contribution < -0.4 is 5.32 Å². The summed E-state index contributed by atoms with van der Waals surface area (Å²) in [5.74, 6) is 0.245. The third-order valence-electron chi connectivity index (χ3n) is 3.21. The first-order valence-electron chi connectivity index (χ1n) is 6.09. The second-order valence-corrected chi connectivity index (χ2v) is 4.49. The van der Waals surface area contributed by atoms with Gasteiger partial charge in [0.1, 0.15) is 0 Å². The van der Waals surface area contributed by atoms with Crippen molar-refractivity contribution >= 4 is 5.91 Å². The van der Waals surface area contributed by atoms with Gasteiger partial charge in [-0.1, -0.05) is 12.8 Å². The maximum Gasteiger partial charge on any atom is 0.286 e. The van der Waals surface area contributed by atoms with E-state index < -0.39 is 6.10 Å². The van der Waals surface area contributed by atoms with Crippen molar-refractivity contribution in [1.29, 1.82) is 0 Å². The number of carbonyl (C=O) groups excluding carboxylic acids is 1. The normalized spacial score (nSPS) is 30.2. The van der Waals surface area contributed by atoms with Crippen molar-refractivity contribution in [1.82, 2.24) is 5.32 Å². The van der Waals surface area contributed by atoms with Gasteiger partial charge in [-0.15, -0.1) is 0 Å². The monoisotopic (exact) mass is 225 g/mol. The van der Waals surface area contributed by atoms with Crippen LogP contribution in [0.5, 0.6) is 0 Å². The average Bonchev–Trinajstić information content (AvgIpc) is 2.33. The second-order valence-electron chi connectivity index (χ2n) is 4.49. The van der Waals surface area contributed by atoms with Crippen molar-refractivity contribution in [2.24, 2.45) is 0 Å². The Morgan fingerprint density at radius 2 is 2.19 bits per heavy atom. The lowest BCUT2D eigenvalue weighted by atomic mass is 9.92. The van der Waals surface area contributed by atoms with E-state index in [1.165, 1.54) is 0 Å². The van der Waals surface area contributed by atoms with Crippen LogP contribution in [0, 0.1) is 0 Å². The van der Waals surface area contributed by atoms with Crippen LogP contribution in [0.25, 0.3) is 0 Å². The summed E-state index contributed by atoms with van der Waals surface area (Å²) >= 11 is 0. The third kappa shape index (κ3) is 2.76. The Bertz CT molecular complexity index is 288. The number of allylic oxidation sites excluding steroid dienone is 1. The minimum atomic E-state index is -0.401. The molecule has 0 radical (unpaired) electrons. The fourth-order valence-electron chi connectivity index (χ4n) is 2.23. The Labute approximate surface area is 95.7 Å². The van der Waals surface area contributed by atoms with E-state index in [-0.39, 0.29) is 11.9 Å². The number of aliphatic hydroxyl groups is 1. The van der Waals surface area contributed by atoms with Gasteiger partial charge in [-0.05, 0) is 31.8 Å². The molecule has 1 fully saturated rings. The van der Waals surface area contributed by atoms with Gasteiger partial charge in [-0.3, -0.25) is 4.79 Å². The first-order valence-corrected chi connectivity index (χ1v) is 6.09. The fraction of sp³-hybridized carbons (Fsp3) is 0.750. The Balaban J connectivity index is 1.88. The number of hydrogen-bond donors (Lipinski definition) is 2. The Hall–Kier alpha value is -1.03. The quantitative estimate of drug-likeness (QED) is 0.740. The molecule has 4 nitrogen and oxygen atoms in total. The molecule has 1 aliphatic carbocycles. The molecule has 4 heteroatoms. The second kappa shape index (κ2) is 5.34. The first kappa shape index (κ1) is 11.5. The molecule has 90 valence electrons. The highest BCUT2D eigenvalue weighted by Crippen LogP contribution is 2.19. The van der Waals surface area contributed by atoms with Crippen LogP contribution in [-0.4, -0.2) is 29.8 Å². The van der Waals surface area contributed by atoms with Gasteiger partial charge in [0, 0.05) is 0 Å². The number of ether oxygens (including phenoxy) is 1. The van der Waals surface area contributed by atoms with E-state index in [4.69, 9.17) is 4.74 Å². The zero-order valence-electron chi connectivity index (χ0n) is 9.45. The van der Waals surface area contributed by atoms with Crippen molar-refractivity contribution in [3.63, 3.8) is 0 Å². The molecule has 1 heterocycles. The average molecular weight is 225 g/mol. The van der Waals surface area contributed by atoms with E-state index in [2.05, 4.69) is 5.32 Å². The molecule has 16 heavy (non-hydrogen) atoms. The Kier molecular flexibility index (Phi) is 3.83. The highest BCUT2D eigenvalue weighted by atomic mass is 16.5. The van der Waals surface area contributed by atoms with Crippen LogP contribution in [0.15, 0.2) is 11.8 Å². The van der Waals surface area contributed by atoms with Crippen LogP contribution in [0.2, 0.25) is 0 Å². The molecule has 2 unspecified atom stereocenters. The molecular formula is C12H19NO3. The summed E-state index contributed by atoms with van der Waals surface area (Å²) in [4.78, 5) is 11.8. The molecule has 0 bridgehead atoms. The van der Waals surface area contributed by atoms with E-state index in [9.17, 15) is 9.90 Å². The Morgan fingerprint density at radius 3 is 2.88 bits per heavy atom. The van der Waals surface area contributed by atoms with Crippen LogP contribution in [0.3, 0.4) is 0 Å².